The molecule has 0 saturated heterocycles. The number of aromatic nitrogens is 5. The topological polar surface area (TPSA) is 112 Å². The van der Waals surface area contributed by atoms with Crippen molar-refractivity contribution in [3.05, 3.63) is 58.1 Å². The molecule has 0 spiro atoms. The van der Waals surface area contributed by atoms with Crippen molar-refractivity contribution in [2.45, 2.75) is 17.8 Å². The second kappa shape index (κ2) is 10.4. The molecular formula is C18H16Cl2N6O3S. The van der Waals surface area contributed by atoms with Crippen molar-refractivity contribution >= 4 is 46.8 Å². The molecule has 0 fully saturated rings. The van der Waals surface area contributed by atoms with Gasteiger partial charge in [0.15, 0.2) is 10.9 Å². The molecule has 156 valence electrons. The first-order chi connectivity index (χ1) is 14.5. The summed E-state index contributed by atoms with van der Waals surface area (Å²) in [6.45, 7) is 1.62. The van der Waals surface area contributed by atoms with Crippen molar-refractivity contribution in [3.8, 4) is 5.69 Å². The zero-order valence-electron chi connectivity index (χ0n) is 15.7. The summed E-state index contributed by atoms with van der Waals surface area (Å²) in [5.74, 6) is -0.830. The largest absolute Gasteiger partial charge is 0.465 e. The monoisotopic (exact) mass is 466 g/mol. The lowest BCUT2D eigenvalue weighted by Gasteiger charge is -2.09. The van der Waals surface area contributed by atoms with Gasteiger partial charge in [-0.3, -0.25) is 9.59 Å². The van der Waals surface area contributed by atoms with Crippen molar-refractivity contribution < 1.29 is 14.3 Å². The fraction of sp³-hybridized carbons (Fsp3) is 0.222. The first kappa shape index (κ1) is 22.0. The van der Waals surface area contributed by atoms with Gasteiger partial charge in [-0.05, 0) is 31.2 Å². The lowest BCUT2D eigenvalue weighted by Crippen LogP contribution is -2.31. The minimum atomic E-state index is -0.563. The van der Waals surface area contributed by atoms with Gasteiger partial charge in [-0.25, -0.2) is 14.6 Å². The summed E-state index contributed by atoms with van der Waals surface area (Å²) >= 11 is 13.5. The second-order valence-corrected chi connectivity index (χ2v) is 7.55. The van der Waals surface area contributed by atoms with Crippen LogP contribution < -0.4 is 5.32 Å². The van der Waals surface area contributed by atoms with E-state index in [2.05, 4.69) is 25.6 Å². The summed E-state index contributed by atoms with van der Waals surface area (Å²) < 4.78 is 6.28. The van der Waals surface area contributed by atoms with Crippen LogP contribution in [0.3, 0.4) is 0 Å². The van der Waals surface area contributed by atoms with Gasteiger partial charge in [0.25, 0.3) is 5.91 Å². The van der Waals surface area contributed by atoms with Crippen LogP contribution in [-0.2, 0) is 15.3 Å². The predicted octanol–water partition coefficient (Wildman–Crippen LogP) is 2.95. The molecule has 0 radical (unpaired) electrons. The zero-order chi connectivity index (χ0) is 21.5. The number of benzene rings is 1. The van der Waals surface area contributed by atoms with Crippen LogP contribution in [0.2, 0.25) is 10.0 Å². The third-order valence-corrected chi connectivity index (χ3v) is 4.97. The highest BCUT2D eigenvalue weighted by atomic mass is 35.5. The summed E-state index contributed by atoms with van der Waals surface area (Å²) in [6, 6.07) is 6.59. The highest BCUT2D eigenvalue weighted by Crippen LogP contribution is 2.26. The Morgan fingerprint density at radius 1 is 1.17 bits per heavy atom. The molecule has 1 amide bonds. The molecule has 0 saturated carbocycles. The van der Waals surface area contributed by atoms with E-state index in [1.807, 2.05) is 0 Å². The summed E-state index contributed by atoms with van der Waals surface area (Å²) in [5, 5.41) is 11.9. The van der Waals surface area contributed by atoms with Gasteiger partial charge in [-0.2, -0.15) is 0 Å². The van der Waals surface area contributed by atoms with Crippen LogP contribution in [0.5, 0.6) is 0 Å². The van der Waals surface area contributed by atoms with E-state index in [4.69, 9.17) is 27.9 Å². The number of hydrogen-bond acceptors (Lipinski definition) is 8. The Morgan fingerprint density at radius 3 is 2.53 bits per heavy atom. The molecular weight excluding hydrogens is 451 g/mol. The Bertz CT molecular complexity index is 1030. The van der Waals surface area contributed by atoms with E-state index in [-0.39, 0.29) is 24.6 Å². The maximum Gasteiger partial charge on any atom is 0.325 e. The van der Waals surface area contributed by atoms with E-state index >= 15 is 0 Å². The van der Waals surface area contributed by atoms with E-state index in [9.17, 15) is 9.59 Å². The minimum absolute atomic E-state index is 0.0545. The third-order valence-electron chi connectivity index (χ3n) is 3.65. The summed E-state index contributed by atoms with van der Waals surface area (Å²) in [7, 11) is 0. The number of amides is 1. The number of hydrogen-bond donors (Lipinski definition) is 1. The van der Waals surface area contributed by atoms with Crippen LogP contribution in [0, 0.1) is 0 Å². The summed E-state index contributed by atoms with van der Waals surface area (Å²) in [4.78, 5) is 32.5. The number of carbonyl (C=O) groups is 2. The highest BCUT2D eigenvalue weighted by Gasteiger charge is 2.22. The Hall–Kier alpha value is -2.69. The number of rotatable bonds is 8. The third kappa shape index (κ3) is 5.68. The number of halogens is 2. The van der Waals surface area contributed by atoms with Gasteiger partial charge in [-0.1, -0.05) is 40.2 Å². The Kier molecular flexibility index (Phi) is 7.61. The van der Waals surface area contributed by atoms with Gasteiger partial charge in [0.05, 0.1) is 18.0 Å². The zero-order valence-corrected chi connectivity index (χ0v) is 18.0. The van der Waals surface area contributed by atoms with Gasteiger partial charge in [0.2, 0.25) is 0 Å². The average Bonchev–Trinajstić information content (AvgIpc) is 3.15. The van der Waals surface area contributed by atoms with E-state index in [1.165, 1.54) is 16.4 Å². The van der Waals surface area contributed by atoms with Crippen LogP contribution in [0.1, 0.15) is 23.1 Å². The molecule has 0 aliphatic rings. The lowest BCUT2D eigenvalue weighted by molar-refractivity contribution is -0.141. The van der Waals surface area contributed by atoms with Gasteiger partial charge in [0.1, 0.15) is 6.54 Å². The maximum absolute atomic E-state index is 12.6. The number of ether oxygens (including phenoxy) is 1. The molecule has 1 aromatic carbocycles. The number of esters is 1. The van der Waals surface area contributed by atoms with Crippen molar-refractivity contribution in [1.82, 2.24) is 30.3 Å². The molecule has 9 nitrogen and oxygen atoms in total. The van der Waals surface area contributed by atoms with Gasteiger partial charge in [-0.15, -0.1) is 5.10 Å². The molecule has 0 aliphatic carbocycles. The maximum atomic E-state index is 12.6. The van der Waals surface area contributed by atoms with Crippen molar-refractivity contribution in [2.75, 3.05) is 13.2 Å². The molecule has 12 heteroatoms. The van der Waals surface area contributed by atoms with Crippen molar-refractivity contribution in [3.63, 3.8) is 0 Å². The fourth-order valence-electron chi connectivity index (χ4n) is 2.42. The lowest BCUT2D eigenvalue weighted by atomic mass is 10.2. The van der Waals surface area contributed by atoms with Gasteiger partial charge in [0, 0.05) is 28.2 Å². The number of nitrogens with zero attached hydrogens (tertiary/aromatic N) is 5. The van der Waals surface area contributed by atoms with Crippen LogP contribution in [-0.4, -0.2) is 50.0 Å². The molecule has 0 aliphatic heterocycles. The first-order valence-electron chi connectivity index (χ1n) is 8.72. The number of thioether (sulfide) groups is 1. The quantitative estimate of drug-likeness (QED) is 0.306. The molecule has 1 N–H and O–H groups in total. The van der Waals surface area contributed by atoms with Crippen LogP contribution >= 0.6 is 35.0 Å². The fourth-order valence-corrected chi connectivity index (χ4v) is 3.73. The van der Waals surface area contributed by atoms with Gasteiger partial charge >= 0.3 is 5.97 Å². The predicted molar refractivity (Wildman–Crippen MR) is 112 cm³/mol. The molecule has 0 unspecified atom stereocenters. The molecule has 0 bridgehead atoms. The smallest absolute Gasteiger partial charge is 0.325 e. The molecule has 30 heavy (non-hydrogen) atoms. The van der Waals surface area contributed by atoms with Crippen LogP contribution in [0.15, 0.2) is 41.8 Å². The van der Waals surface area contributed by atoms with Gasteiger partial charge < -0.3 is 10.1 Å². The molecule has 3 aromatic rings. The standard InChI is InChI=1S/C18H16Cl2N6O3S/c1-2-29-15(27)9-23-17(28)16-14(10-30-18-21-4-3-5-22-18)26(25-24-16)13-7-11(19)6-12(20)8-13/h3-8H,2,9-10H2,1H3,(H,23,28). The van der Waals surface area contributed by atoms with Crippen LogP contribution in [0.4, 0.5) is 0 Å². The number of nitrogens with one attached hydrogen (secondary N) is 1. The van der Waals surface area contributed by atoms with E-state index in [0.717, 1.165) is 0 Å². The highest BCUT2D eigenvalue weighted by molar-refractivity contribution is 7.98. The Labute approximate surface area is 186 Å². The normalized spacial score (nSPS) is 10.6. The Balaban J connectivity index is 1.90. The minimum Gasteiger partial charge on any atom is -0.465 e. The SMILES string of the molecule is CCOC(=O)CNC(=O)c1nnn(-c2cc(Cl)cc(Cl)c2)c1CSc1ncccn1. The van der Waals surface area contributed by atoms with E-state index < -0.39 is 11.9 Å². The second-order valence-electron chi connectivity index (χ2n) is 5.73. The first-order valence-corrected chi connectivity index (χ1v) is 10.5. The molecule has 2 heterocycles. The molecule has 0 atom stereocenters. The summed E-state index contributed by atoms with van der Waals surface area (Å²) in [5.41, 5.74) is 1.06. The summed E-state index contributed by atoms with van der Waals surface area (Å²) in [6.07, 6.45) is 3.24. The Morgan fingerprint density at radius 2 is 1.87 bits per heavy atom. The van der Waals surface area contributed by atoms with E-state index in [0.29, 0.717) is 26.6 Å². The van der Waals surface area contributed by atoms with Crippen molar-refractivity contribution in [1.29, 1.82) is 0 Å². The number of carbonyl (C=O) groups excluding carboxylic acids is 2. The molecule has 2 aromatic heterocycles. The molecule has 3 rings (SSSR count). The van der Waals surface area contributed by atoms with E-state index in [1.54, 1.807) is 43.6 Å². The van der Waals surface area contributed by atoms with Crippen LogP contribution in [0.25, 0.3) is 5.69 Å². The van der Waals surface area contributed by atoms with Crippen molar-refractivity contribution in [2.24, 2.45) is 0 Å². The average molecular weight is 467 g/mol.